The lowest BCUT2D eigenvalue weighted by Crippen LogP contribution is -2.44. The van der Waals surface area contributed by atoms with Crippen LogP contribution in [-0.4, -0.2) is 31.5 Å². The van der Waals surface area contributed by atoms with E-state index in [0.29, 0.717) is 33.4 Å². The van der Waals surface area contributed by atoms with E-state index >= 15 is 0 Å². The van der Waals surface area contributed by atoms with E-state index in [1.165, 1.54) is 12.1 Å². The van der Waals surface area contributed by atoms with Crippen LogP contribution in [0.5, 0.6) is 5.75 Å². The normalized spacial score (nSPS) is 17.9. The standard InChI is InChI=1S/C29H22N2O6/c1-2-29(36)21-13-23-26-17(14-31(23)27(34)20(21)15-37-28(29)35)12-19-18(25(33)11-9-22(19)30-26)8-10-24(32)16-6-4-3-5-7-16/h3-13,33,36H,2,14-15H2,1H3/t29-/m0/s1. The minimum absolute atomic E-state index is 0.00169. The predicted octanol–water partition coefficient (Wildman–Crippen LogP) is 3.68. The second-order valence-corrected chi connectivity index (χ2v) is 9.23. The van der Waals surface area contributed by atoms with Crippen LogP contribution in [0.4, 0.5) is 0 Å². The summed E-state index contributed by atoms with van der Waals surface area (Å²) in [6.07, 6.45) is 3.04. The smallest absolute Gasteiger partial charge is 0.343 e. The summed E-state index contributed by atoms with van der Waals surface area (Å²) in [5.41, 5.74) is 1.63. The molecule has 0 radical (unpaired) electrons. The zero-order chi connectivity index (χ0) is 25.9. The second kappa shape index (κ2) is 8.25. The Morgan fingerprint density at radius 1 is 1.16 bits per heavy atom. The molecule has 1 atom stereocenters. The van der Waals surface area contributed by atoms with Crippen molar-refractivity contribution in [2.75, 3.05) is 0 Å². The van der Waals surface area contributed by atoms with Crippen LogP contribution in [0, 0.1) is 0 Å². The van der Waals surface area contributed by atoms with Crippen LogP contribution in [0.2, 0.25) is 0 Å². The van der Waals surface area contributed by atoms with Gasteiger partial charge >= 0.3 is 5.97 Å². The van der Waals surface area contributed by atoms with Crippen LogP contribution >= 0.6 is 0 Å². The number of carbonyl (C=O) groups excluding carboxylic acids is 2. The number of pyridine rings is 2. The maximum absolute atomic E-state index is 13.4. The van der Waals surface area contributed by atoms with Crippen LogP contribution in [0.25, 0.3) is 28.4 Å². The van der Waals surface area contributed by atoms with Crippen molar-refractivity contribution in [3.05, 3.63) is 98.8 Å². The van der Waals surface area contributed by atoms with Crippen LogP contribution in [0.1, 0.15) is 46.0 Å². The van der Waals surface area contributed by atoms with Gasteiger partial charge < -0.3 is 19.5 Å². The van der Waals surface area contributed by atoms with Gasteiger partial charge in [-0.2, -0.15) is 0 Å². The van der Waals surface area contributed by atoms with Crippen molar-refractivity contribution in [2.45, 2.75) is 32.1 Å². The number of benzene rings is 2. The maximum Gasteiger partial charge on any atom is 0.343 e. The zero-order valence-electron chi connectivity index (χ0n) is 19.9. The molecule has 8 heteroatoms. The fraction of sp³-hybridized carbons (Fsp3) is 0.172. The highest BCUT2D eigenvalue weighted by Crippen LogP contribution is 2.39. The molecule has 0 spiro atoms. The van der Waals surface area contributed by atoms with Gasteiger partial charge in [0.15, 0.2) is 11.4 Å². The summed E-state index contributed by atoms with van der Waals surface area (Å²) in [5, 5.41) is 22.2. The summed E-state index contributed by atoms with van der Waals surface area (Å²) in [6.45, 7) is 1.70. The first-order valence-electron chi connectivity index (χ1n) is 11.9. The number of rotatable bonds is 4. The number of phenols is 1. The van der Waals surface area contributed by atoms with E-state index in [0.717, 1.165) is 5.56 Å². The number of allylic oxidation sites excluding steroid dienone is 1. The SMILES string of the molecule is CC[C@@]1(O)C(=O)OCc2c1cc1n(c2=O)Cc2cc3c(C=CC(=O)c4ccccc4)c(O)ccc3nc2-1. The molecule has 4 aromatic rings. The fourth-order valence-corrected chi connectivity index (χ4v) is 5.10. The molecule has 0 unspecified atom stereocenters. The summed E-state index contributed by atoms with van der Waals surface area (Å²) >= 11 is 0. The van der Waals surface area contributed by atoms with Gasteiger partial charge in [0.25, 0.3) is 5.56 Å². The Bertz CT molecular complexity index is 1720. The number of phenolic OH excluding ortho intramolecular Hbond substituents is 1. The molecule has 0 fully saturated rings. The Balaban J connectivity index is 1.48. The molecular formula is C29H22N2O6. The van der Waals surface area contributed by atoms with E-state index in [-0.39, 0.29) is 47.8 Å². The Kier molecular flexibility index (Phi) is 5.10. The van der Waals surface area contributed by atoms with Crippen molar-refractivity contribution in [1.29, 1.82) is 0 Å². The minimum Gasteiger partial charge on any atom is -0.507 e. The summed E-state index contributed by atoms with van der Waals surface area (Å²) in [6, 6.07) is 15.5. The molecule has 0 saturated heterocycles. The van der Waals surface area contributed by atoms with Crippen molar-refractivity contribution < 1.29 is 24.5 Å². The van der Waals surface area contributed by atoms with Gasteiger partial charge in [0.2, 0.25) is 0 Å². The molecule has 4 heterocycles. The molecular weight excluding hydrogens is 472 g/mol. The van der Waals surface area contributed by atoms with Crippen molar-refractivity contribution >= 4 is 28.7 Å². The molecule has 0 aliphatic carbocycles. The number of cyclic esters (lactones) is 1. The highest BCUT2D eigenvalue weighted by Gasteiger charge is 2.45. The molecule has 0 saturated carbocycles. The number of carbonyl (C=O) groups is 2. The lowest BCUT2D eigenvalue weighted by atomic mass is 9.86. The lowest BCUT2D eigenvalue weighted by Gasteiger charge is -2.31. The van der Waals surface area contributed by atoms with E-state index < -0.39 is 11.6 Å². The van der Waals surface area contributed by atoms with Crippen LogP contribution < -0.4 is 5.56 Å². The predicted molar refractivity (Wildman–Crippen MR) is 136 cm³/mol. The molecule has 2 aromatic carbocycles. The summed E-state index contributed by atoms with van der Waals surface area (Å²) in [4.78, 5) is 43.1. The van der Waals surface area contributed by atoms with E-state index in [4.69, 9.17) is 9.72 Å². The molecule has 6 rings (SSSR count). The molecule has 2 N–H and O–H groups in total. The number of ketones is 1. The number of nitrogens with zero attached hydrogens (tertiary/aromatic N) is 2. The summed E-state index contributed by atoms with van der Waals surface area (Å²) in [5.74, 6) is -0.970. The van der Waals surface area contributed by atoms with Crippen LogP contribution in [0.3, 0.4) is 0 Å². The van der Waals surface area contributed by atoms with Gasteiger partial charge in [0.1, 0.15) is 12.4 Å². The number of esters is 1. The molecule has 8 nitrogen and oxygen atoms in total. The summed E-state index contributed by atoms with van der Waals surface area (Å²) < 4.78 is 6.67. The largest absolute Gasteiger partial charge is 0.507 e. The average Bonchev–Trinajstić information content (AvgIpc) is 3.27. The highest BCUT2D eigenvalue weighted by atomic mass is 16.6. The van der Waals surface area contributed by atoms with E-state index in [1.807, 2.05) is 12.1 Å². The Morgan fingerprint density at radius 2 is 1.95 bits per heavy atom. The van der Waals surface area contributed by atoms with Gasteiger partial charge in [-0.1, -0.05) is 37.3 Å². The van der Waals surface area contributed by atoms with Crippen molar-refractivity contribution in [1.82, 2.24) is 9.55 Å². The van der Waals surface area contributed by atoms with Crippen LogP contribution in [-0.2, 0) is 28.3 Å². The van der Waals surface area contributed by atoms with Gasteiger partial charge in [0, 0.05) is 27.6 Å². The molecule has 2 aromatic heterocycles. The molecule has 2 aliphatic rings. The Morgan fingerprint density at radius 3 is 2.70 bits per heavy atom. The van der Waals surface area contributed by atoms with Gasteiger partial charge in [0.05, 0.1) is 29.0 Å². The third-order valence-electron chi connectivity index (χ3n) is 7.17. The zero-order valence-corrected chi connectivity index (χ0v) is 19.9. The van der Waals surface area contributed by atoms with E-state index in [2.05, 4.69) is 0 Å². The summed E-state index contributed by atoms with van der Waals surface area (Å²) in [7, 11) is 0. The monoisotopic (exact) mass is 494 g/mol. The number of aromatic nitrogens is 2. The third kappa shape index (κ3) is 3.41. The second-order valence-electron chi connectivity index (χ2n) is 9.23. The van der Waals surface area contributed by atoms with Crippen LogP contribution in [0.15, 0.2) is 65.5 Å². The lowest BCUT2D eigenvalue weighted by molar-refractivity contribution is -0.172. The Hall–Kier alpha value is -4.56. The number of hydrogen-bond donors (Lipinski definition) is 2. The fourth-order valence-electron chi connectivity index (χ4n) is 5.10. The molecule has 2 aliphatic heterocycles. The first-order valence-corrected chi connectivity index (χ1v) is 11.9. The van der Waals surface area contributed by atoms with Crippen molar-refractivity contribution in [3.8, 4) is 17.1 Å². The van der Waals surface area contributed by atoms with Crippen molar-refractivity contribution in [2.24, 2.45) is 0 Å². The first kappa shape index (κ1) is 22.9. The van der Waals surface area contributed by atoms with Gasteiger partial charge in [-0.3, -0.25) is 9.59 Å². The quantitative estimate of drug-likeness (QED) is 0.222. The van der Waals surface area contributed by atoms with Gasteiger partial charge in [-0.05, 0) is 42.8 Å². The van der Waals surface area contributed by atoms with Gasteiger partial charge in [-0.15, -0.1) is 0 Å². The first-order chi connectivity index (χ1) is 17.8. The minimum atomic E-state index is -1.89. The maximum atomic E-state index is 13.4. The highest BCUT2D eigenvalue weighted by molar-refractivity contribution is 6.08. The number of aromatic hydroxyl groups is 1. The molecule has 184 valence electrons. The number of aliphatic hydroxyl groups is 1. The molecule has 0 bridgehead atoms. The van der Waals surface area contributed by atoms with E-state index in [1.54, 1.807) is 54.0 Å². The van der Waals surface area contributed by atoms with E-state index in [9.17, 15) is 24.6 Å². The average molecular weight is 495 g/mol. The number of fused-ring (bicyclic) bond motifs is 5. The topological polar surface area (TPSA) is 119 Å². The number of hydrogen-bond acceptors (Lipinski definition) is 7. The third-order valence-corrected chi connectivity index (χ3v) is 7.17. The van der Waals surface area contributed by atoms with Crippen molar-refractivity contribution in [3.63, 3.8) is 0 Å². The molecule has 0 amide bonds. The van der Waals surface area contributed by atoms with Gasteiger partial charge in [-0.25, -0.2) is 9.78 Å². The number of ether oxygens (including phenoxy) is 1. The molecule has 37 heavy (non-hydrogen) atoms. The Labute approximate surface area is 211 Å².